The number of thioether (sulfide) groups is 1. The van der Waals surface area contributed by atoms with E-state index in [9.17, 15) is 24.3 Å². The Hall–Kier alpha value is -2.99. The quantitative estimate of drug-likeness (QED) is 0.147. The van der Waals surface area contributed by atoms with Gasteiger partial charge in [-0.15, -0.1) is 0 Å². The number of alkyl carbamates (subject to hydrolysis) is 1. The van der Waals surface area contributed by atoms with Crippen LogP contribution in [0.3, 0.4) is 0 Å². The number of carbonyl (C=O) groups is 4. The Morgan fingerprint density at radius 2 is 1.70 bits per heavy atom. The van der Waals surface area contributed by atoms with E-state index in [0.29, 0.717) is 17.7 Å². The van der Waals surface area contributed by atoms with Gasteiger partial charge in [-0.2, -0.15) is 11.8 Å². The molecule has 0 saturated carbocycles. The summed E-state index contributed by atoms with van der Waals surface area (Å²) in [6, 6.07) is 4.19. The Bertz CT molecular complexity index is 812. The van der Waals surface area contributed by atoms with Gasteiger partial charge in [-0.1, -0.05) is 12.1 Å². The monoisotopic (exact) mass is 483 g/mol. The Morgan fingerprint density at radius 1 is 1.06 bits per heavy atom. The number of hydrogen-bond donors (Lipinski definition) is 6. The average Bonchev–Trinajstić information content (AvgIpc) is 2.74. The molecule has 1 aromatic rings. The van der Waals surface area contributed by atoms with Gasteiger partial charge in [0, 0.05) is 6.42 Å². The van der Waals surface area contributed by atoms with Gasteiger partial charge in [0.05, 0.1) is 6.54 Å². The lowest BCUT2D eigenvalue weighted by atomic mass is 10.0. The normalized spacial score (nSPS) is 12.8. The fourth-order valence-corrected chi connectivity index (χ4v) is 3.12. The summed E-state index contributed by atoms with van der Waals surface area (Å²) in [6.07, 6.45) is 1.47. The number of nitrogens with one attached hydrogen (secondary N) is 4. The fourth-order valence-electron chi connectivity index (χ4n) is 2.65. The molecule has 11 nitrogen and oxygen atoms in total. The summed E-state index contributed by atoms with van der Waals surface area (Å²) >= 11 is 1.49. The molecule has 0 spiro atoms. The van der Waals surface area contributed by atoms with Gasteiger partial charge in [0.1, 0.15) is 23.4 Å². The highest BCUT2D eigenvalue weighted by atomic mass is 32.2. The predicted molar refractivity (Wildman–Crippen MR) is 125 cm³/mol. The van der Waals surface area contributed by atoms with E-state index < -0.39 is 41.5 Å². The largest absolute Gasteiger partial charge is 0.508 e. The topological polar surface area (TPSA) is 172 Å². The van der Waals surface area contributed by atoms with Gasteiger partial charge < -0.3 is 25.8 Å². The van der Waals surface area contributed by atoms with Gasteiger partial charge in [0.15, 0.2) is 0 Å². The van der Waals surface area contributed by atoms with E-state index in [1.54, 1.807) is 32.9 Å². The standard InChI is InChI=1S/C21H33N5O6S/c1-21(2,3)32-20(31)25-16(11-13-5-7-14(27)8-6-13)19(30)24-15(9-10-33-4)18(29)23-12-17(28)26-22/h5-8,15-16,27H,9-12,22H2,1-4H3,(H,23,29)(H,24,30)(H,25,31)(H,26,28)/t15-,16+/m0/s1. The average molecular weight is 484 g/mol. The molecule has 1 aromatic carbocycles. The van der Waals surface area contributed by atoms with Gasteiger partial charge in [0.2, 0.25) is 11.8 Å². The molecule has 0 aromatic heterocycles. The van der Waals surface area contributed by atoms with Crippen LogP contribution in [0, 0.1) is 0 Å². The zero-order valence-corrected chi connectivity index (χ0v) is 20.1. The van der Waals surface area contributed by atoms with Crippen LogP contribution in [0.1, 0.15) is 32.8 Å². The van der Waals surface area contributed by atoms with Crippen LogP contribution in [0.4, 0.5) is 4.79 Å². The van der Waals surface area contributed by atoms with Crippen molar-refractivity contribution >= 4 is 35.6 Å². The highest BCUT2D eigenvalue weighted by molar-refractivity contribution is 7.98. The number of ether oxygens (including phenoxy) is 1. The van der Waals surface area contributed by atoms with Crippen LogP contribution in [0.5, 0.6) is 5.75 Å². The molecular weight excluding hydrogens is 450 g/mol. The highest BCUT2D eigenvalue weighted by Gasteiger charge is 2.28. The molecule has 0 aliphatic heterocycles. The van der Waals surface area contributed by atoms with E-state index >= 15 is 0 Å². The summed E-state index contributed by atoms with van der Waals surface area (Å²) in [7, 11) is 0. The van der Waals surface area contributed by atoms with Crippen LogP contribution in [-0.4, -0.2) is 65.2 Å². The molecule has 0 saturated heterocycles. The molecule has 0 bridgehead atoms. The number of phenols is 1. The number of phenolic OH excluding ortho intramolecular Hbond substituents is 1. The van der Waals surface area contributed by atoms with Crippen LogP contribution < -0.4 is 27.2 Å². The number of aromatic hydroxyl groups is 1. The third-order valence-electron chi connectivity index (χ3n) is 4.21. The van der Waals surface area contributed by atoms with Gasteiger partial charge in [-0.25, -0.2) is 10.6 Å². The lowest BCUT2D eigenvalue weighted by Gasteiger charge is -2.25. The van der Waals surface area contributed by atoms with Gasteiger partial charge >= 0.3 is 6.09 Å². The summed E-state index contributed by atoms with van der Waals surface area (Å²) in [6.45, 7) is 4.75. The third kappa shape index (κ3) is 11.4. The third-order valence-corrected chi connectivity index (χ3v) is 4.86. The lowest BCUT2D eigenvalue weighted by molar-refractivity contribution is -0.131. The zero-order chi connectivity index (χ0) is 25.0. The molecule has 1 rings (SSSR count). The zero-order valence-electron chi connectivity index (χ0n) is 19.3. The molecule has 33 heavy (non-hydrogen) atoms. The number of rotatable bonds is 11. The van der Waals surface area contributed by atoms with Crippen LogP contribution in [-0.2, 0) is 25.5 Å². The molecule has 0 unspecified atom stereocenters. The van der Waals surface area contributed by atoms with Crippen molar-refractivity contribution < 1.29 is 29.0 Å². The number of hydrogen-bond acceptors (Lipinski definition) is 8. The van der Waals surface area contributed by atoms with Crippen molar-refractivity contribution in [3.63, 3.8) is 0 Å². The molecule has 2 atom stereocenters. The number of amides is 4. The summed E-state index contributed by atoms with van der Waals surface area (Å²) in [5, 5.41) is 17.1. The van der Waals surface area contributed by atoms with Crippen LogP contribution in [0.15, 0.2) is 24.3 Å². The second-order valence-corrected chi connectivity index (χ2v) is 9.18. The van der Waals surface area contributed by atoms with E-state index in [0.717, 1.165) is 0 Å². The van der Waals surface area contributed by atoms with Gasteiger partial charge in [-0.05, 0) is 56.9 Å². The van der Waals surface area contributed by atoms with Crippen LogP contribution >= 0.6 is 11.8 Å². The van der Waals surface area contributed by atoms with Gasteiger partial charge in [-0.3, -0.25) is 19.8 Å². The molecule has 7 N–H and O–H groups in total. The number of nitrogens with two attached hydrogens (primary N) is 1. The lowest BCUT2D eigenvalue weighted by Crippen LogP contribution is -2.55. The molecule has 0 aliphatic rings. The Morgan fingerprint density at radius 3 is 2.24 bits per heavy atom. The summed E-state index contributed by atoms with van der Waals surface area (Å²) in [5.41, 5.74) is 1.81. The Balaban J connectivity index is 2.99. The van der Waals surface area contributed by atoms with Crippen molar-refractivity contribution in [1.29, 1.82) is 0 Å². The summed E-state index contributed by atoms with van der Waals surface area (Å²) in [5.74, 6) is 3.91. The molecule has 0 heterocycles. The van der Waals surface area contributed by atoms with E-state index in [-0.39, 0.29) is 18.7 Å². The number of carbonyl (C=O) groups excluding carboxylic acids is 4. The highest BCUT2D eigenvalue weighted by Crippen LogP contribution is 2.13. The minimum absolute atomic E-state index is 0.0650. The minimum Gasteiger partial charge on any atom is -0.508 e. The van der Waals surface area contributed by atoms with Crippen molar-refractivity contribution in [3.8, 4) is 5.75 Å². The van der Waals surface area contributed by atoms with Crippen molar-refractivity contribution in [1.82, 2.24) is 21.4 Å². The molecule has 12 heteroatoms. The second kappa shape index (κ2) is 13.5. The minimum atomic E-state index is -1.05. The molecule has 184 valence electrons. The Labute approximate surface area is 197 Å². The van der Waals surface area contributed by atoms with E-state index in [1.807, 2.05) is 11.7 Å². The maximum atomic E-state index is 13.1. The van der Waals surface area contributed by atoms with Gasteiger partial charge in [0.25, 0.3) is 5.91 Å². The summed E-state index contributed by atoms with van der Waals surface area (Å²) in [4.78, 5) is 49.3. The Kier molecular flexibility index (Phi) is 11.5. The molecule has 4 amide bonds. The van der Waals surface area contributed by atoms with E-state index in [2.05, 4.69) is 16.0 Å². The molecule has 0 aliphatic carbocycles. The van der Waals surface area contributed by atoms with Crippen molar-refractivity contribution in [3.05, 3.63) is 29.8 Å². The first-order valence-electron chi connectivity index (χ1n) is 10.3. The first-order chi connectivity index (χ1) is 15.4. The van der Waals surface area contributed by atoms with Crippen LogP contribution in [0.25, 0.3) is 0 Å². The fraction of sp³-hybridized carbons (Fsp3) is 0.524. The molecule has 0 radical (unpaired) electrons. The van der Waals surface area contributed by atoms with Crippen molar-refractivity contribution in [2.24, 2.45) is 5.84 Å². The maximum Gasteiger partial charge on any atom is 0.408 e. The molecular formula is C21H33N5O6S. The smallest absolute Gasteiger partial charge is 0.408 e. The van der Waals surface area contributed by atoms with Crippen molar-refractivity contribution in [2.45, 2.75) is 51.3 Å². The second-order valence-electron chi connectivity index (χ2n) is 8.20. The van der Waals surface area contributed by atoms with E-state index in [1.165, 1.54) is 23.9 Å². The number of hydrazine groups is 1. The number of benzene rings is 1. The van der Waals surface area contributed by atoms with Crippen molar-refractivity contribution in [2.75, 3.05) is 18.6 Å². The van der Waals surface area contributed by atoms with E-state index in [4.69, 9.17) is 10.6 Å². The molecule has 0 fully saturated rings. The summed E-state index contributed by atoms with van der Waals surface area (Å²) < 4.78 is 5.26. The maximum absolute atomic E-state index is 13.1. The first kappa shape index (κ1) is 28.0. The SMILES string of the molecule is CSCC[C@H](NC(=O)[C@@H](Cc1ccc(O)cc1)NC(=O)OC(C)(C)C)C(=O)NCC(=O)NN. The first-order valence-corrected chi connectivity index (χ1v) is 11.7. The van der Waals surface area contributed by atoms with Crippen LogP contribution in [0.2, 0.25) is 0 Å². The predicted octanol–water partition coefficient (Wildman–Crippen LogP) is 0.172.